The zero-order chi connectivity index (χ0) is 21.2. The summed E-state index contributed by atoms with van der Waals surface area (Å²) in [6.45, 7) is 2.39. The number of hydrogen-bond donors (Lipinski definition) is 1. The van der Waals surface area contributed by atoms with Crippen molar-refractivity contribution in [3.05, 3.63) is 88.9 Å². The molecule has 2 aromatic heterocycles. The summed E-state index contributed by atoms with van der Waals surface area (Å²) in [4.78, 5) is 17.1. The lowest BCUT2D eigenvalue weighted by Crippen LogP contribution is -2.22. The van der Waals surface area contributed by atoms with Crippen molar-refractivity contribution >= 4 is 27.5 Å². The first-order valence-corrected chi connectivity index (χ1v) is 10.6. The maximum atomic E-state index is 12.5. The molecule has 5 rings (SSSR count). The molecule has 152 valence electrons. The van der Waals surface area contributed by atoms with Gasteiger partial charge in [0.2, 0.25) is 11.8 Å². The molecule has 31 heavy (non-hydrogen) atoms. The fraction of sp³-hybridized carbons (Fsp3) is 0.0833. The second-order valence-electron chi connectivity index (χ2n) is 7.06. The number of para-hydroxylation sites is 1. The number of rotatable bonds is 5. The van der Waals surface area contributed by atoms with Crippen LogP contribution in [0.1, 0.15) is 20.9 Å². The van der Waals surface area contributed by atoms with Crippen molar-refractivity contribution in [3.63, 3.8) is 0 Å². The van der Waals surface area contributed by atoms with Crippen LogP contribution in [0.4, 0.5) is 0 Å². The fourth-order valence-electron chi connectivity index (χ4n) is 3.28. The highest BCUT2D eigenvalue weighted by atomic mass is 32.1. The first kappa shape index (κ1) is 19.1. The van der Waals surface area contributed by atoms with Gasteiger partial charge in [0.25, 0.3) is 5.91 Å². The summed E-state index contributed by atoms with van der Waals surface area (Å²) in [6.07, 6.45) is 0. The Hall–Kier alpha value is -3.84. The lowest BCUT2D eigenvalue weighted by Gasteiger charge is -2.04. The van der Waals surface area contributed by atoms with Crippen LogP contribution in [0, 0.1) is 6.92 Å². The van der Waals surface area contributed by atoms with Gasteiger partial charge in [-0.05, 0) is 55.0 Å². The molecule has 0 aliphatic carbocycles. The van der Waals surface area contributed by atoms with Crippen LogP contribution in [0.5, 0.6) is 0 Å². The van der Waals surface area contributed by atoms with Crippen molar-refractivity contribution in [2.24, 2.45) is 0 Å². The molecule has 1 N–H and O–H groups in total. The van der Waals surface area contributed by atoms with Crippen LogP contribution in [-0.2, 0) is 6.54 Å². The number of nitrogens with zero attached hydrogens (tertiary/aromatic N) is 3. The summed E-state index contributed by atoms with van der Waals surface area (Å²) in [6, 6.07) is 22.9. The van der Waals surface area contributed by atoms with Gasteiger partial charge in [0, 0.05) is 16.7 Å². The third-order valence-corrected chi connectivity index (χ3v) is 5.97. The molecule has 0 unspecified atom stereocenters. The average molecular weight is 427 g/mol. The molecule has 2 heterocycles. The predicted octanol–water partition coefficient (Wildman–Crippen LogP) is 5.25. The number of aromatic nitrogens is 3. The van der Waals surface area contributed by atoms with Crippen LogP contribution in [0.15, 0.2) is 77.2 Å². The van der Waals surface area contributed by atoms with Gasteiger partial charge in [-0.15, -0.1) is 21.5 Å². The van der Waals surface area contributed by atoms with E-state index in [1.165, 1.54) is 0 Å². The number of thiazole rings is 1. The van der Waals surface area contributed by atoms with Crippen LogP contribution in [-0.4, -0.2) is 21.1 Å². The van der Waals surface area contributed by atoms with Gasteiger partial charge in [-0.1, -0.05) is 30.3 Å². The van der Waals surface area contributed by atoms with Gasteiger partial charge in [-0.2, -0.15) is 0 Å². The number of fused-ring (bicyclic) bond motifs is 1. The van der Waals surface area contributed by atoms with E-state index in [2.05, 4.69) is 20.5 Å². The van der Waals surface area contributed by atoms with Crippen LogP contribution >= 0.6 is 11.3 Å². The second kappa shape index (κ2) is 8.12. The fourth-order valence-corrected chi connectivity index (χ4v) is 4.19. The molecule has 0 atom stereocenters. The van der Waals surface area contributed by atoms with Crippen LogP contribution < -0.4 is 5.32 Å². The number of aryl methyl sites for hydroxylation is 1. The summed E-state index contributed by atoms with van der Waals surface area (Å²) in [7, 11) is 0. The zero-order valence-electron chi connectivity index (χ0n) is 16.7. The third kappa shape index (κ3) is 3.95. The normalized spacial score (nSPS) is 11.0. The van der Waals surface area contributed by atoms with E-state index < -0.39 is 0 Å². The Balaban J connectivity index is 1.27. The number of amides is 1. The second-order valence-corrected chi connectivity index (χ2v) is 8.18. The number of nitrogens with one attached hydrogen (secondary N) is 1. The van der Waals surface area contributed by atoms with Gasteiger partial charge < -0.3 is 9.73 Å². The van der Waals surface area contributed by atoms with E-state index in [9.17, 15) is 4.79 Å². The SMILES string of the molecule is Cc1ccccc1-c1nnc(-c2ccc(C(=O)NCc3nc4ccccc4s3)cc2)o1. The minimum Gasteiger partial charge on any atom is -0.416 e. The van der Waals surface area contributed by atoms with Crippen molar-refractivity contribution in [2.45, 2.75) is 13.5 Å². The molecule has 1 amide bonds. The predicted molar refractivity (Wildman–Crippen MR) is 121 cm³/mol. The lowest BCUT2D eigenvalue weighted by atomic mass is 10.1. The van der Waals surface area contributed by atoms with E-state index in [4.69, 9.17) is 4.42 Å². The first-order chi connectivity index (χ1) is 15.2. The highest BCUT2D eigenvalue weighted by molar-refractivity contribution is 7.18. The zero-order valence-corrected chi connectivity index (χ0v) is 17.5. The molecule has 0 fully saturated rings. The minimum atomic E-state index is -0.156. The van der Waals surface area contributed by atoms with Crippen molar-refractivity contribution in [1.82, 2.24) is 20.5 Å². The molecule has 0 aliphatic heterocycles. The lowest BCUT2D eigenvalue weighted by molar-refractivity contribution is 0.0951. The Morgan fingerprint density at radius 1 is 0.935 bits per heavy atom. The maximum Gasteiger partial charge on any atom is 0.251 e. The average Bonchev–Trinajstić information content (AvgIpc) is 3.45. The van der Waals surface area contributed by atoms with Crippen molar-refractivity contribution in [2.75, 3.05) is 0 Å². The molecule has 0 spiro atoms. The van der Waals surface area contributed by atoms with E-state index in [1.807, 2.05) is 67.6 Å². The van der Waals surface area contributed by atoms with Crippen molar-refractivity contribution in [3.8, 4) is 22.9 Å². The Bertz CT molecular complexity index is 1340. The number of carbonyl (C=O) groups is 1. The Labute approximate surface area is 182 Å². The Kier molecular flexibility index (Phi) is 5.01. The molecule has 5 aromatic rings. The standard InChI is InChI=1S/C24H18N4O2S/c1-15-6-2-3-7-18(15)24-28-27-23(30-24)17-12-10-16(11-13-17)22(29)25-14-21-26-19-8-4-5-9-20(19)31-21/h2-13H,14H2,1H3,(H,25,29). The van der Waals surface area contributed by atoms with Gasteiger partial charge >= 0.3 is 0 Å². The summed E-state index contributed by atoms with van der Waals surface area (Å²) in [5, 5.41) is 12.1. The van der Waals surface area contributed by atoms with Crippen LogP contribution in [0.3, 0.4) is 0 Å². The number of benzene rings is 3. The summed E-state index contributed by atoms with van der Waals surface area (Å²) in [5.74, 6) is 0.738. The number of hydrogen-bond acceptors (Lipinski definition) is 6. The third-order valence-electron chi connectivity index (χ3n) is 4.93. The molecule has 0 bridgehead atoms. The highest BCUT2D eigenvalue weighted by Crippen LogP contribution is 2.26. The van der Waals surface area contributed by atoms with E-state index >= 15 is 0 Å². The molecule has 0 saturated heterocycles. The van der Waals surface area contributed by atoms with Crippen molar-refractivity contribution in [1.29, 1.82) is 0 Å². The first-order valence-electron chi connectivity index (χ1n) is 9.80. The number of carbonyl (C=O) groups excluding carboxylic acids is 1. The molecule has 0 aliphatic rings. The largest absolute Gasteiger partial charge is 0.416 e. The van der Waals surface area contributed by atoms with Crippen LogP contribution in [0.2, 0.25) is 0 Å². The summed E-state index contributed by atoms with van der Waals surface area (Å²) >= 11 is 1.58. The smallest absolute Gasteiger partial charge is 0.251 e. The van der Waals surface area contributed by atoms with Gasteiger partial charge in [0.05, 0.1) is 16.8 Å². The molecule has 0 saturated carbocycles. The Morgan fingerprint density at radius 2 is 1.68 bits per heavy atom. The molecule has 3 aromatic carbocycles. The van der Waals surface area contributed by atoms with Gasteiger partial charge in [0.1, 0.15) is 5.01 Å². The molecule has 6 nitrogen and oxygen atoms in total. The van der Waals surface area contributed by atoms with E-state index in [1.54, 1.807) is 23.5 Å². The molecule has 7 heteroatoms. The van der Waals surface area contributed by atoms with Crippen LogP contribution in [0.25, 0.3) is 33.1 Å². The van der Waals surface area contributed by atoms with Gasteiger partial charge in [-0.25, -0.2) is 4.98 Å². The minimum absolute atomic E-state index is 0.156. The summed E-state index contributed by atoms with van der Waals surface area (Å²) < 4.78 is 6.95. The molecule has 0 radical (unpaired) electrons. The van der Waals surface area contributed by atoms with Gasteiger partial charge in [-0.3, -0.25) is 4.79 Å². The maximum absolute atomic E-state index is 12.5. The quantitative estimate of drug-likeness (QED) is 0.415. The van der Waals surface area contributed by atoms with E-state index in [-0.39, 0.29) is 5.91 Å². The Morgan fingerprint density at radius 3 is 2.48 bits per heavy atom. The van der Waals surface area contributed by atoms with E-state index in [0.29, 0.717) is 23.9 Å². The topological polar surface area (TPSA) is 80.9 Å². The van der Waals surface area contributed by atoms with E-state index in [0.717, 1.165) is 31.9 Å². The monoisotopic (exact) mass is 426 g/mol. The summed E-state index contributed by atoms with van der Waals surface area (Å²) in [5.41, 5.74) is 4.24. The molecular formula is C24H18N4O2S. The van der Waals surface area contributed by atoms with Gasteiger partial charge in [0.15, 0.2) is 0 Å². The van der Waals surface area contributed by atoms with Crippen molar-refractivity contribution < 1.29 is 9.21 Å². The molecular weight excluding hydrogens is 408 g/mol. The highest BCUT2D eigenvalue weighted by Gasteiger charge is 2.13.